The van der Waals surface area contributed by atoms with Crippen LogP contribution in [0.3, 0.4) is 0 Å². The summed E-state index contributed by atoms with van der Waals surface area (Å²) < 4.78 is 27.0. The average Bonchev–Trinajstić information content (AvgIpc) is 3.19. The van der Waals surface area contributed by atoms with Gasteiger partial charge in [0.2, 0.25) is 17.5 Å². The van der Waals surface area contributed by atoms with Crippen molar-refractivity contribution < 1.29 is 33.2 Å². The Hall–Kier alpha value is -1.65. The van der Waals surface area contributed by atoms with Gasteiger partial charge in [-0.05, 0) is 62.1 Å². The lowest BCUT2D eigenvalue weighted by Crippen LogP contribution is -2.60. The summed E-state index contributed by atoms with van der Waals surface area (Å²) in [7, 11) is 0. The summed E-state index contributed by atoms with van der Waals surface area (Å²) in [6, 6.07) is 4.52. The van der Waals surface area contributed by atoms with Crippen molar-refractivity contribution in [3.05, 3.63) is 28.2 Å². The molecular weight excluding hydrogens is 490 g/mol. The molecule has 2 amide bonds. The number of ether oxygens (including phenoxy) is 2. The van der Waals surface area contributed by atoms with Crippen LogP contribution in [-0.2, 0) is 24.0 Å². The zero-order chi connectivity index (χ0) is 24.1. The van der Waals surface area contributed by atoms with E-state index in [0.29, 0.717) is 16.9 Å². The van der Waals surface area contributed by atoms with Gasteiger partial charge in [-0.1, -0.05) is 23.2 Å². The van der Waals surface area contributed by atoms with Gasteiger partial charge in [0.05, 0.1) is 10.7 Å². The maximum Gasteiger partial charge on any atom is 0.411 e. The summed E-state index contributed by atoms with van der Waals surface area (Å²) in [5.41, 5.74) is 5.54. The predicted octanol–water partition coefficient (Wildman–Crippen LogP) is 4.97. The first-order valence-corrected chi connectivity index (χ1v) is 12.3. The summed E-state index contributed by atoms with van der Waals surface area (Å²) in [6.07, 6.45) is 1.80. The minimum absolute atomic E-state index is 0.0978. The van der Waals surface area contributed by atoms with Crippen LogP contribution < -0.4 is 11.1 Å². The number of hydrogen-bond donors (Lipinski definition) is 2. The SMILES string of the molecule is NC(=O)CCC1(C(F)COC(=O)Nc2cc(Cl)ccc2Cl)OOC2(O1)C1CC3CC(C1)CC2C3. The second kappa shape index (κ2) is 9.09. The number of carbonyl (C=O) groups is 2. The molecule has 5 fully saturated rings. The van der Waals surface area contributed by atoms with E-state index in [0.717, 1.165) is 25.7 Å². The van der Waals surface area contributed by atoms with Gasteiger partial charge >= 0.3 is 6.09 Å². The molecule has 1 heterocycles. The van der Waals surface area contributed by atoms with Gasteiger partial charge in [0.25, 0.3) is 0 Å². The minimum atomic E-state index is -1.93. The first kappa shape index (κ1) is 24.1. The third-order valence-electron chi connectivity index (χ3n) is 7.64. The van der Waals surface area contributed by atoms with Crippen LogP contribution in [0.2, 0.25) is 10.0 Å². The van der Waals surface area contributed by atoms with E-state index in [1.807, 2.05) is 0 Å². The third-order valence-corrected chi connectivity index (χ3v) is 8.21. The molecule has 8 nitrogen and oxygen atoms in total. The van der Waals surface area contributed by atoms with Crippen LogP contribution in [0.5, 0.6) is 0 Å². The highest BCUT2D eigenvalue weighted by atomic mass is 35.5. The molecule has 0 aromatic heterocycles. The van der Waals surface area contributed by atoms with Gasteiger partial charge in [0, 0.05) is 29.7 Å². The van der Waals surface area contributed by atoms with Crippen LogP contribution in [0.1, 0.15) is 44.9 Å². The van der Waals surface area contributed by atoms with Crippen molar-refractivity contribution in [3.8, 4) is 0 Å². The second-order valence-corrected chi connectivity index (χ2v) is 10.7. The first-order chi connectivity index (χ1) is 16.2. The van der Waals surface area contributed by atoms with Gasteiger partial charge in [-0.3, -0.25) is 10.1 Å². The molecule has 2 unspecified atom stereocenters. The molecule has 2 atom stereocenters. The van der Waals surface area contributed by atoms with Crippen molar-refractivity contribution in [1.82, 2.24) is 0 Å². The van der Waals surface area contributed by atoms with Crippen molar-refractivity contribution in [2.24, 2.45) is 29.4 Å². The lowest BCUT2D eigenvalue weighted by molar-refractivity contribution is -0.392. The highest BCUT2D eigenvalue weighted by molar-refractivity contribution is 6.35. The molecule has 1 aliphatic heterocycles. The minimum Gasteiger partial charge on any atom is -0.446 e. The van der Waals surface area contributed by atoms with E-state index < -0.39 is 36.4 Å². The molecule has 4 aliphatic carbocycles. The highest BCUT2D eigenvalue weighted by Crippen LogP contribution is 2.63. The topological polar surface area (TPSA) is 109 Å². The Bertz CT molecular complexity index is 953. The quantitative estimate of drug-likeness (QED) is 0.495. The monoisotopic (exact) mass is 516 g/mol. The van der Waals surface area contributed by atoms with Crippen molar-refractivity contribution in [2.45, 2.75) is 62.7 Å². The zero-order valence-electron chi connectivity index (χ0n) is 18.4. The Labute approximate surface area is 206 Å². The second-order valence-electron chi connectivity index (χ2n) is 9.89. The van der Waals surface area contributed by atoms with E-state index in [2.05, 4.69) is 5.32 Å². The molecule has 4 saturated carbocycles. The maximum absolute atomic E-state index is 15.6. The van der Waals surface area contributed by atoms with Crippen molar-refractivity contribution in [3.63, 3.8) is 0 Å². The molecule has 1 aromatic rings. The number of alkyl halides is 1. The molecule has 6 rings (SSSR count). The van der Waals surface area contributed by atoms with Gasteiger partial charge in [0.1, 0.15) is 6.61 Å². The summed E-state index contributed by atoms with van der Waals surface area (Å²) >= 11 is 12.0. The number of nitrogens with one attached hydrogen (secondary N) is 1. The van der Waals surface area contributed by atoms with Crippen LogP contribution in [0.15, 0.2) is 18.2 Å². The molecule has 11 heteroatoms. The zero-order valence-corrected chi connectivity index (χ0v) is 19.9. The Morgan fingerprint density at radius 1 is 1.15 bits per heavy atom. The molecule has 1 saturated heterocycles. The number of anilines is 1. The predicted molar refractivity (Wildman–Crippen MR) is 121 cm³/mol. The van der Waals surface area contributed by atoms with Gasteiger partial charge in [-0.15, -0.1) is 0 Å². The van der Waals surface area contributed by atoms with Crippen LogP contribution >= 0.6 is 23.2 Å². The van der Waals surface area contributed by atoms with Gasteiger partial charge in [-0.2, -0.15) is 9.78 Å². The molecule has 5 aliphatic rings. The fourth-order valence-electron chi connectivity index (χ4n) is 6.26. The fourth-order valence-corrected chi connectivity index (χ4v) is 6.60. The van der Waals surface area contributed by atoms with E-state index in [4.69, 9.17) is 48.2 Å². The fraction of sp³-hybridized carbons (Fsp3) is 0.652. The van der Waals surface area contributed by atoms with Crippen LogP contribution in [0.4, 0.5) is 14.9 Å². The smallest absolute Gasteiger partial charge is 0.411 e. The molecule has 3 N–H and O–H groups in total. The number of benzene rings is 1. The summed E-state index contributed by atoms with van der Waals surface area (Å²) in [5, 5.41) is 3.03. The van der Waals surface area contributed by atoms with Gasteiger partial charge in [0.15, 0.2) is 6.17 Å². The standard InChI is InChI=1S/C23H27Cl2FN2O6/c24-16-1-2-17(25)18(10-16)28-21(30)31-11-19(26)22(4-3-20(27)29)32-23(34-33-22)14-6-12-5-13(8-14)9-15(23)7-12/h1-2,10,12-15,19H,3-9,11H2,(H2,27,29)(H,28,30). The summed E-state index contributed by atoms with van der Waals surface area (Å²) in [6.45, 7) is -0.692. The molecule has 186 valence electrons. The van der Waals surface area contributed by atoms with Crippen LogP contribution in [0, 0.1) is 23.7 Å². The van der Waals surface area contributed by atoms with Crippen molar-refractivity contribution in [1.29, 1.82) is 0 Å². The Kier molecular flexibility index (Phi) is 6.44. The molecule has 34 heavy (non-hydrogen) atoms. The van der Waals surface area contributed by atoms with E-state index in [1.165, 1.54) is 18.6 Å². The number of primary amides is 1. The molecule has 0 radical (unpaired) electrons. The number of hydrogen-bond acceptors (Lipinski definition) is 6. The lowest BCUT2D eigenvalue weighted by Gasteiger charge is -2.57. The molecule has 1 spiro atoms. The van der Waals surface area contributed by atoms with Gasteiger partial charge < -0.3 is 15.2 Å². The average molecular weight is 517 g/mol. The maximum atomic E-state index is 15.6. The first-order valence-electron chi connectivity index (χ1n) is 11.6. The number of nitrogens with two attached hydrogens (primary N) is 1. The number of amides is 2. The summed E-state index contributed by atoms with van der Waals surface area (Å²) in [4.78, 5) is 35.1. The Morgan fingerprint density at radius 2 is 1.82 bits per heavy atom. The Morgan fingerprint density at radius 3 is 2.47 bits per heavy atom. The van der Waals surface area contributed by atoms with Crippen LogP contribution in [0.25, 0.3) is 0 Å². The van der Waals surface area contributed by atoms with E-state index >= 15 is 4.39 Å². The van der Waals surface area contributed by atoms with Crippen molar-refractivity contribution >= 4 is 40.9 Å². The number of halogens is 3. The normalized spacial score (nSPS) is 36.6. The van der Waals surface area contributed by atoms with E-state index in [9.17, 15) is 9.59 Å². The largest absolute Gasteiger partial charge is 0.446 e. The number of carbonyl (C=O) groups excluding carboxylic acids is 2. The molecular formula is C23H27Cl2FN2O6. The highest BCUT2D eigenvalue weighted by Gasteiger charge is 2.68. The Balaban J connectivity index is 1.28. The lowest BCUT2D eigenvalue weighted by atomic mass is 9.53. The van der Waals surface area contributed by atoms with Gasteiger partial charge in [-0.25, -0.2) is 9.18 Å². The summed E-state index contributed by atoms with van der Waals surface area (Å²) in [5.74, 6) is -2.12. The van der Waals surface area contributed by atoms with E-state index in [-0.39, 0.29) is 35.4 Å². The third kappa shape index (κ3) is 4.37. The molecule has 1 aromatic carbocycles. The van der Waals surface area contributed by atoms with Crippen LogP contribution in [-0.4, -0.2) is 36.4 Å². The molecule has 4 bridgehead atoms. The van der Waals surface area contributed by atoms with Crippen molar-refractivity contribution in [2.75, 3.05) is 11.9 Å². The number of rotatable bonds is 7. The van der Waals surface area contributed by atoms with E-state index in [1.54, 1.807) is 6.07 Å².